The molecule has 1 aliphatic heterocycles. The largest absolute Gasteiger partial charge is 0.496 e. The molecule has 6 heteroatoms. The minimum atomic E-state index is -4.33. The number of halogens is 3. The molecule has 3 nitrogen and oxygen atoms in total. The van der Waals surface area contributed by atoms with Crippen LogP contribution in [0, 0.1) is 0 Å². The average molecular weight is 400 g/mol. The zero-order valence-corrected chi connectivity index (χ0v) is 16.2. The maximum absolute atomic E-state index is 13.0. The molecule has 0 fully saturated rings. The van der Waals surface area contributed by atoms with E-state index in [0.29, 0.717) is 6.54 Å². The van der Waals surface area contributed by atoms with E-state index in [1.54, 1.807) is 19.2 Å². The third-order valence-electron chi connectivity index (χ3n) is 5.47. The molecule has 0 saturated carbocycles. The van der Waals surface area contributed by atoms with Crippen molar-refractivity contribution in [3.8, 4) is 5.75 Å². The summed E-state index contributed by atoms with van der Waals surface area (Å²) in [5.74, 6) is 0.818. The molecule has 2 heterocycles. The Kier molecular flexibility index (Phi) is 5.37. The first-order valence-corrected chi connectivity index (χ1v) is 9.65. The van der Waals surface area contributed by atoms with E-state index in [2.05, 4.69) is 15.5 Å². The lowest BCUT2D eigenvalue weighted by atomic mass is 9.99. The molecule has 0 radical (unpaired) electrons. The molecule has 1 aromatic heterocycles. The summed E-state index contributed by atoms with van der Waals surface area (Å²) in [7, 11) is 1.65. The third kappa shape index (κ3) is 4.03. The summed E-state index contributed by atoms with van der Waals surface area (Å²) in [5, 5.41) is 0. The molecule has 1 aliphatic rings. The van der Waals surface area contributed by atoms with E-state index in [1.165, 1.54) is 12.1 Å². The fraction of sp³-hybridized carbons (Fsp3) is 0.304. The van der Waals surface area contributed by atoms with Crippen LogP contribution in [0.15, 0.2) is 66.9 Å². The van der Waals surface area contributed by atoms with E-state index in [0.717, 1.165) is 42.1 Å². The number of fused-ring (bicyclic) bond motifs is 1. The molecule has 1 atom stereocenters. The molecule has 0 saturated heterocycles. The summed E-state index contributed by atoms with van der Waals surface area (Å²) < 4.78 is 46.8. The van der Waals surface area contributed by atoms with Gasteiger partial charge < -0.3 is 9.30 Å². The van der Waals surface area contributed by atoms with E-state index in [4.69, 9.17) is 4.74 Å². The number of hydrogen-bond donors (Lipinski definition) is 0. The van der Waals surface area contributed by atoms with E-state index in [-0.39, 0.29) is 6.04 Å². The minimum absolute atomic E-state index is 0.125. The van der Waals surface area contributed by atoms with Gasteiger partial charge in [0.2, 0.25) is 0 Å². The van der Waals surface area contributed by atoms with Crippen molar-refractivity contribution >= 4 is 0 Å². The number of benzene rings is 2. The lowest BCUT2D eigenvalue weighted by molar-refractivity contribution is -0.137. The standard InChI is InChI=1S/C23H23F3N2O/c1-29-21-8-3-2-6-18(21)16-28-15-5-14-27-13-4-7-20(27)22(28)17-9-11-19(12-10-17)23(24,25)26/h2-4,6-13,22H,5,14-16H2,1H3. The van der Waals surface area contributed by atoms with Gasteiger partial charge in [-0.3, -0.25) is 4.90 Å². The van der Waals surface area contributed by atoms with Crippen LogP contribution in [0.1, 0.15) is 34.8 Å². The van der Waals surface area contributed by atoms with Gasteiger partial charge in [0, 0.05) is 37.1 Å². The molecule has 3 aromatic rings. The fourth-order valence-corrected chi connectivity index (χ4v) is 4.10. The molecule has 29 heavy (non-hydrogen) atoms. The van der Waals surface area contributed by atoms with Crippen molar-refractivity contribution in [3.05, 3.63) is 89.2 Å². The van der Waals surface area contributed by atoms with Gasteiger partial charge in [-0.15, -0.1) is 0 Å². The van der Waals surface area contributed by atoms with Crippen molar-refractivity contribution < 1.29 is 17.9 Å². The smallest absolute Gasteiger partial charge is 0.416 e. The predicted molar refractivity (Wildman–Crippen MR) is 106 cm³/mol. The Morgan fingerprint density at radius 1 is 0.966 bits per heavy atom. The van der Waals surface area contributed by atoms with Crippen molar-refractivity contribution in [2.45, 2.75) is 31.7 Å². The summed E-state index contributed by atoms with van der Waals surface area (Å²) >= 11 is 0. The van der Waals surface area contributed by atoms with Gasteiger partial charge in [-0.25, -0.2) is 0 Å². The SMILES string of the molecule is COc1ccccc1CN1CCCn2cccc2C1c1ccc(C(F)(F)F)cc1. The van der Waals surface area contributed by atoms with Crippen molar-refractivity contribution in [2.24, 2.45) is 0 Å². The van der Waals surface area contributed by atoms with Crippen LogP contribution in [-0.4, -0.2) is 23.1 Å². The van der Waals surface area contributed by atoms with Crippen molar-refractivity contribution in [1.82, 2.24) is 9.47 Å². The fourth-order valence-electron chi connectivity index (χ4n) is 4.10. The van der Waals surface area contributed by atoms with Crippen molar-refractivity contribution in [3.63, 3.8) is 0 Å². The van der Waals surface area contributed by atoms with Gasteiger partial charge in [0.15, 0.2) is 0 Å². The number of hydrogen-bond acceptors (Lipinski definition) is 2. The topological polar surface area (TPSA) is 17.4 Å². The second-order valence-corrected chi connectivity index (χ2v) is 7.28. The Morgan fingerprint density at radius 3 is 2.45 bits per heavy atom. The van der Waals surface area contributed by atoms with Gasteiger partial charge in [0.25, 0.3) is 0 Å². The van der Waals surface area contributed by atoms with Crippen LogP contribution in [0.25, 0.3) is 0 Å². The average Bonchev–Trinajstić information content (AvgIpc) is 3.09. The lowest BCUT2D eigenvalue weighted by Gasteiger charge is -2.31. The Balaban J connectivity index is 1.73. The van der Waals surface area contributed by atoms with Gasteiger partial charge in [0.05, 0.1) is 18.7 Å². The molecule has 0 spiro atoms. The molecule has 0 amide bonds. The number of aromatic nitrogens is 1. The number of para-hydroxylation sites is 1. The highest BCUT2D eigenvalue weighted by molar-refractivity contribution is 5.36. The van der Waals surface area contributed by atoms with Crippen LogP contribution in [-0.2, 0) is 19.3 Å². The predicted octanol–water partition coefficient (Wildman–Crippen LogP) is 5.51. The number of methoxy groups -OCH3 is 1. The summed E-state index contributed by atoms with van der Waals surface area (Å²) in [6.07, 6.45) is -1.33. The second kappa shape index (κ2) is 7.95. The quantitative estimate of drug-likeness (QED) is 0.575. The molecule has 0 bridgehead atoms. The summed E-state index contributed by atoms with van der Waals surface area (Å²) in [4.78, 5) is 2.32. The highest BCUT2D eigenvalue weighted by atomic mass is 19.4. The second-order valence-electron chi connectivity index (χ2n) is 7.28. The maximum Gasteiger partial charge on any atom is 0.416 e. The number of aryl methyl sites for hydroxylation is 1. The maximum atomic E-state index is 13.0. The number of nitrogens with zero attached hydrogens (tertiary/aromatic N) is 2. The monoisotopic (exact) mass is 400 g/mol. The molecule has 1 unspecified atom stereocenters. The number of rotatable bonds is 4. The van der Waals surface area contributed by atoms with Crippen LogP contribution in [0.5, 0.6) is 5.75 Å². The van der Waals surface area contributed by atoms with Gasteiger partial charge in [0.1, 0.15) is 5.75 Å². The van der Waals surface area contributed by atoms with Crippen LogP contribution < -0.4 is 4.74 Å². The summed E-state index contributed by atoms with van der Waals surface area (Å²) in [6, 6.07) is 17.4. The highest BCUT2D eigenvalue weighted by Gasteiger charge is 2.32. The van der Waals surface area contributed by atoms with E-state index < -0.39 is 11.7 Å². The Morgan fingerprint density at radius 2 is 1.72 bits per heavy atom. The molecular weight excluding hydrogens is 377 g/mol. The van der Waals surface area contributed by atoms with Crippen LogP contribution in [0.2, 0.25) is 0 Å². The molecular formula is C23H23F3N2O. The Bertz CT molecular complexity index is 963. The molecule has 0 N–H and O–H groups in total. The first kappa shape index (κ1) is 19.6. The van der Waals surface area contributed by atoms with E-state index in [9.17, 15) is 13.2 Å². The molecule has 152 valence electrons. The highest BCUT2D eigenvalue weighted by Crippen LogP contribution is 2.36. The first-order chi connectivity index (χ1) is 14.0. The zero-order chi connectivity index (χ0) is 20.4. The normalized spacial score (nSPS) is 17.6. The van der Waals surface area contributed by atoms with Crippen molar-refractivity contribution in [1.29, 1.82) is 0 Å². The Labute approximate surface area is 168 Å². The molecule has 2 aromatic carbocycles. The summed E-state index contributed by atoms with van der Waals surface area (Å²) in [6.45, 7) is 2.38. The van der Waals surface area contributed by atoms with Crippen molar-refractivity contribution in [2.75, 3.05) is 13.7 Å². The molecule has 0 aliphatic carbocycles. The molecule has 4 rings (SSSR count). The van der Waals surface area contributed by atoms with Gasteiger partial charge >= 0.3 is 6.18 Å². The number of ether oxygens (including phenoxy) is 1. The number of alkyl halides is 3. The van der Waals surface area contributed by atoms with Gasteiger partial charge in [-0.1, -0.05) is 30.3 Å². The van der Waals surface area contributed by atoms with Gasteiger partial charge in [-0.05, 0) is 42.3 Å². The minimum Gasteiger partial charge on any atom is -0.496 e. The zero-order valence-electron chi connectivity index (χ0n) is 16.2. The van der Waals surface area contributed by atoms with Crippen LogP contribution in [0.4, 0.5) is 13.2 Å². The Hall–Kier alpha value is -2.73. The summed E-state index contributed by atoms with van der Waals surface area (Å²) in [5.41, 5.74) is 2.39. The van der Waals surface area contributed by atoms with Crippen LogP contribution in [0.3, 0.4) is 0 Å². The third-order valence-corrected chi connectivity index (χ3v) is 5.47. The van der Waals surface area contributed by atoms with E-state index >= 15 is 0 Å². The van der Waals surface area contributed by atoms with E-state index in [1.807, 2.05) is 36.5 Å². The van der Waals surface area contributed by atoms with Crippen LogP contribution >= 0.6 is 0 Å². The lowest BCUT2D eigenvalue weighted by Crippen LogP contribution is -2.29. The first-order valence-electron chi connectivity index (χ1n) is 9.65. The van der Waals surface area contributed by atoms with Gasteiger partial charge in [-0.2, -0.15) is 13.2 Å².